The number of aliphatic carboxylic acids is 1. The molecule has 1 aromatic heterocycles. The monoisotopic (exact) mass is 275 g/mol. The van der Waals surface area contributed by atoms with Crippen molar-refractivity contribution in [2.45, 2.75) is 33.6 Å². The van der Waals surface area contributed by atoms with E-state index < -0.39 is 5.97 Å². The summed E-state index contributed by atoms with van der Waals surface area (Å²) in [5.74, 6) is -0.766. The van der Waals surface area contributed by atoms with E-state index in [2.05, 4.69) is 37.3 Å². The molecule has 0 saturated carbocycles. The fraction of sp³-hybridized carbons (Fsp3) is 0.333. The maximum Gasteiger partial charge on any atom is 0.303 e. The van der Waals surface area contributed by atoms with Crippen LogP contribution in [0.1, 0.15) is 28.0 Å². The highest BCUT2D eigenvalue weighted by Gasteiger charge is 2.10. The van der Waals surface area contributed by atoms with Gasteiger partial charge in [-0.2, -0.15) is 4.37 Å². The third kappa shape index (κ3) is 3.20. The van der Waals surface area contributed by atoms with Gasteiger partial charge in [0.25, 0.3) is 0 Å². The lowest BCUT2D eigenvalue weighted by Gasteiger charge is -2.07. The molecule has 3 nitrogen and oxygen atoms in total. The topological polar surface area (TPSA) is 50.2 Å². The molecule has 0 atom stereocenters. The number of rotatable bonds is 4. The van der Waals surface area contributed by atoms with Crippen molar-refractivity contribution in [2.24, 2.45) is 0 Å². The zero-order valence-corrected chi connectivity index (χ0v) is 12.2. The van der Waals surface area contributed by atoms with Crippen LogP contribution >= 0.6 is 11.5 Å². The number of nitrogens with zero attached hydrogens (tertiary/aromatic N) is 1. The number of hydrogen-bond acceptors (Lipinski definition) is 3. The molecule has 2 aromatic rings. The second kappa shape index (κ2) is 5.53. The normalized spacial score (nSPS) is 10.7. The zero-order valence-electron chi connectivity index (χ0n) is 11.4. The van der Waals surface area contributed by atoms with Crippen LogP contribution in [0.25, 0.3) is 11.3 Å². The lowest BCUT2D eigenvalue weighted by Crippen LogP contribution is -1.95. The Morgan fingerprint density at radius 2 is 1.84 bits per heavy atom. The molecule has 0 aliphatic carbocycles. The first-order chi connectivity index (χ1) is 8.97. The molecule has 1 N–H and O–H groups in total. The van der Waals surface area contributed by atoms with Gasteiger partial charge in [-0.25, -0.2) is 0 Å². The second-order valence-electron chi connectivity index (χ2n) is 4.82. The number of aryl methyl sites for hydroxylation is 4. The van der Waals surface area contributed by atoms with E-state index in [4.69, 9.17) is 5.11 Å². The van der Waals surface area contributed by atoms with Crippen LogP contribution < -0.4 is 0 Å². The van der Waals surface area contributed by atoms with Crippen LogP contribution in [0.5, 0.6) is 0 Å². The summed E-state index contributed by atoms with van der Waals surface area (Å²) in [7, 11) is 0. The van der Waals surface area contributed by atoms with Gasteiger partial charge in [-0.15, -0.1) is 0 Å². The second-order valence-corrected chi connectivity index (χ2v) is 5.71. The molecule has 0 aliphatic rings. The Morgan fingerprint density at radius 3 is 2.53 bits per heavy atom. The van der Waals surface area contributed by atoms with Crippen LogP contribution in [0.3, 0.4) is 0 Å². The van der Waals surface area contributed by atoms with Gasteiger partial charge in [0.2, 0.25) is 0 Å². The van der Waals surface area contributed by atoms with Crippen molar-refractivity contribution in [2.75, 3.05) is 0 Å². The Bertz CT molecular complexity index is 617. The molecule has 0 bridgehead atoms. The summed E-state index contributed by atoms with van der Waals surface area (Å²) < 4.78 is 4.44. The maximum absolute atomic E-state index is 10.6. The van der Waals surface area contributed by atoms with E-state index in [-0.39, 0.29) is 6.42 Å². The number of carboxylic acid groups (broad SMARTS) is 1. The fourth-order valence-electron chi connectivity index (χ4n) is 2.02. The summed E-state index contributed by atoms with van der Waals surface area (Å²) in [6.45, 7) is 6.28. The molecule has 0 fully saturated rings. The van der Waals surface area contributed by atoms with E-state index in [0.29, 0.717) is 6.42 Å². The maximum atomic E-state index is 10.6. The van der Waals surface area contributed by atoms with Gasteiger partial charge in [0.05, 0.1) is 12.1 Å². The number of hydrogen-bond donors (Lipinski definition) is 1. The lowest BCUT2D eigenvalue weighted by molar-refractivity contribution is -0.136. The third-order valence-corrected chi connectivity index (χ3v) is 4.11. The van der Waals surface area contributed by atoms with E-state index in [0.717, 1.165) is 16.1 Å². The minimum atomic E-state index is -0.766. The zero-order chi connectivity index (χ0) is 14.0. The highest BCUT2D eigenvalue weighted by Crippen LogP contribution is 2.28. The Labute approximate surface area is 117 Å². The van der Waals surface area contributed by atoms with Gasteiger partial charge in [0.15, 0.2) is 0 Å². The molecule has 1 heterocycles. The van der Waals surface area contributed by atoms with Crippen LogP contribution in [-0.2, 0) is 11.2 Å². The molecule has 0 saturated heterocycles. The molecular formula is C15H17NO2S. The molecule has 0 unspecified atom stereocenters. The van der Waals surface area contributed by atoms with E-state index in [1.165, 1.54) is 28.2 Å². The summed E-state index contributed by atoms with van der Waals surface area (Å²) >= 11 is 1.39. The van der Waals surface area contributed by atoms with Crippen molar-refractivity contribution in [1.82, 2.24) is 4.37 Å². The number of benzene rings is 1. The largest absolute Gasteiger partial charge is 0.481 e. The minimum Gasteiger partial charge on any atom is -0.481 e. The van der Waals surface area contributed by atoms with E-state index in [1.807, 2.05) is 6.07 Å². The van der Waals surface area contributed by atoms with Gasteiger partial charge in [0, 0.05) is 10.4 Å². The number of carboxylic acids is 1. The molecule has 0 amide bonds. The van der Waals surface area contributed by atoms with Crippen molar-refractivity contribution < 1.29 is 9.90 Å². The van der Waals surface area contributed by atoms with Crippen molar-refractivity contribution in [3.05, 3.63) is 39.8 Å². The lowest BCUT2D eigenvalue weighted by atomic mass is 9.98. The standard InChI is InChI=1S/C15H17NO2S/c1-9-6-11(3)13(7-10(9)2)14-8-12(19-16-14)4-5-15(17)18/h6-8H,4-5H2,1-3H3,(H,17,18). The van der Waals surface area contributed by atoms with Gasteiger partial charge in [-0.3, -0.25) is 4.79 Å². The first-order valence-corrected chi connectivity index (χ1v) is 7.00. The molecule has 4 heteroatoms. The summed E-state index contributed by atoms with van der Waals surface area (Å²) in [4.78, 5) is 11.6. The molecule has 1 aromatic carbocycles. The predicted molar refractivity (Wildman–Crippen MR) is 77.7 cm³/mol. The van der Waals surface area contributed by atoms with Crippen molar-refractivity contribution >= 4 is 17.5 Å². The van der Waals surface area contributed by atoms with Gasteiger partial charge < -0.3 is 5.11 Å². The highest BCUT2D eigenvalue weighted by molar-refractivity contribution is 7.06. The van der Waals surface area contributed by atoms with Gasteiger partial charge in [-0.05, 0) is 67.5 Å². The van der Waals surface area contributed by atoms with Crippen LogP contribution in [-0.4, -0.2) is 15.4 Å². The van der Waals surface area contributed by atoms with E-state index in [9.17, 15) is 4.79 Å². The highest BCUT2D eigenvalue weighted by atomic mass is 32.1. The van der Waals surface area contributed by atoms with Gasteiger partial charge in [-0.1, -0.05) is 6.07 Å². The summed E-state index contributed by atoms with van der Waals surface area (Å²) in [5.41, 5.74) is 5.83. The molecule has 0 radical (unpaired) electrons. The number of carbonyl (C=O) groups is 1. The minimum absolute atomic E-state index is 0.160. The predicted octanol–water partition coefficient (Wildman–Crippen LogP) is 3.75. The average Bonchev–Trinajstić information content (AvgIpc) is 2.80. The van der Waals surface area contributed by atoms with Crippen LogP contribution in [0.2, 0.25) is 0 Å². The first-order valence-electron chi connectivity index (χ1n) is 6.23. The van der Waals surface area contributed by atoms with Crippen LogP contribution in [0, 0.1) is 20.8 Å². The van der Waals surface area contributed by atoms with Crippen molar-refractivity contribution in [3.8, 4) is 11.3 Å². The van der Waals surface area contributed by atoms with Gasteiger partial charge in [0.1, 0.15) is 0 Å². The SMILES string of the molecule is Cc1cc(C)c(-c2cc(CCC(=O)O)sn2)cc1C. The summed E-state index contributed by atoms with van der Waals surface area (Å²) in [6, 6.07) is 6.33. The van der Waals surface area contributed by atoms with E-state index >= 15 is 0 Å². The van der Waals surface area contributed by atoms with Crippen molar-refractivity contribution in [3.63, 3.8) is 0 Å². The molecular weight excluding hydrogens is 258 g/mol. The molecule has 19 heavy (non-hydrogen) atoms. The van der Waals surface area contributed by atoms with Gasteiger partial charge >= 0.3 is 5.97 Å². The number of aromatic nitrogens is 1. The Morgan fingerprint density at radius 1 is 1.16 bits per heavy atom. The molecule has 2 rings (SSSR count). The first kappa shape index (κ1) is 13.7. The Balaban J connectivity index is 2.27. The molecule has 0 aliphatic heterocycles. The smallest absolute Gasteiger partial charge is 0.303 e. The summed E-state index contributed by atoms with van der Waals surface area (Å²) in [6.07, 6.45) is 0.713. The summed E-state index contributed by atoms with van der Waals surface area (Å²) in [5, 5.41) is 8.69. The Kier molecular flexibility index (Phi) is 4.00. The van der Waals surface area contributed by atoms with Crippen LogP contribution in [0.15, 0.2) is 18.2 Å². The quantitative estimate of drug-likeness (QED) is 0.924. The van der Waals surface area contributed by atoms with Crippen LogP contribution in [0.4, 0.5) is 0 Å². The molecule has 0 spiro atoms. The fourth-order valence-corrected chi connectivity index (χ4v) is 2.75. The third-order valence-electron chi connectivity index (χ3n) is 3.26. The van der Waals surface area contributed by atoms with Crippen molar-refractivity contribution in [1.29, 1.82) is 0 Å². The van der Waals surface area contributed by atoms with E-state index in [1.54, 1.807) is 0 Å². The Hall–Kier alpha value is -1.68. The molecule has 100 valence electrons. The average molecular weight is 275 g/mol.